The zero-order valence-corrected chi connectivity index (χ0v) is 15.3. The van der Waals surface area contributed by atoms with E-state index in [2.05, 4.69) is 19.2 Å². The molecule has 0 heterocycles. The summed E-state index contributed by atoms with van der Waals surface area (Å²) in [5.41, 5.74) is 0. The van der Waals surface area contributed by atoms with Crippen molar-refractivity contribution in [1.82, 2.24) is 5.32 Å². The van der Waals surface area contributed by atoms with Crippen molar-refractivity contribution >= 4 is 23.6 Å². The van der Waals surface area contributed by atoms with Crippen LogP contribution < -0.4 is 5.32 Å². The number of benzene rings is 1. The van der Waals surface area contributed by atoms with E-state index in [1.807, 2.05) is 30.3 Å². The zero-order valence-electron chi connectivity index (χ0n) is 14.5. The van der Waals surface area contributed by atoms with Gasteiger partial charge in [0.25, 0.3) is 5.91 Å². The molecule has 2 rings (SSSR count). The molecule has 1 N–H and O–H groups in total. The Labute approximate surface area is 148 Å². The standard InChI is InChI=1S/C19H27NO3S/c1-14-7-6-10-17(15(14)2)20-18(21)13-23-19(22)11-12-24-16-8-4-3-5-9-16/h3-5,8-9,14-15,17H,6-7,10-13H2,1-2H3,(H,20,21)/t14-,15+,17-/m0/s1. The third-order valence-corrected chi connectivity index (χ3v) is 5.75. The van der Waals surface area contributed by atoms with E-state index in [1.165, 1.54) is 6.42 Å². The fraction of sp³-hybridized carbons (Fsp3) is 0.579. The van der Waals surface area contributed by atoms with Gasteiger partial charge in [0, 0.05) is 16.7 Å². The monoisotopic (exact) mass is 349 g/mol. The lowest BCUT2D eigenvalue weighted by Crippen LogP contribution is -2.45. The van der Waals surface area contributed by atoms with Crippen LogP contribution >= 0.6 is 11.8 Å². The highest BCUT2D eigenvalue weighted by molar-refractivity contribution is 7.99. The Morgan fingerprint density at radius 2 is 1.96 bits per heavy atom. The minimum atomic E-state index is -0.321. The number of nitrogens with one attached hydrogen (secondary N) is 1. The first-order chi connectivity index (χ1) is 11.6. The van der Waals surface area contributed by atoms with Crippen molar-refractivity contribution in [3.8, 4) is 0 Å². The summed E-state index contributed by atoms with van der Waals surface area (Å²) in [5, 5.41) is 3.01. The summed E-state index contributed by atoms with van der Waals surface area (Å²) >= 11 is 1.61. The molecule has 0 bridgehead atoms. The molecule has 1 aromatic rings. The lowest BCUT2D eigenvalue weighted by molar-refractivity contribution is -0.148. The van der Waals surface area contributed by atoms with Crippen LogP contribution in [0.25, 0.3) is 0 Å². The van der Waals surface area contributed by atoms with Gasteiger partial charge in [-0.1, -0.05) is 44.9 Å². The number of hydrogen-bond donors (Lipinski definition) is 1. The van der Waals surface area contributed by atoms with Crippen molar-refractivity contribution in [1.29, 1.82) is 0 Å². The van der Waals surface area contributed by atoms with E-state index >= 15 is 0 Å². The second kappa shape index (κ2) is 9.72. The first-order valence-electron chi connectivity index (χ1n) is 8.69. The first-order valence-corrected chi connectivity index (χ1v) is 9.67. The van der Waals surface area contributed by atoms with Crippen molar-refractivity contribution in [3.63, 3.8) is 0 Å². The predicted octanol–water partition coefficient (Wildman–Crippen LogP) is 3.65. The summed E-state index contributed by atoms with van der Waals surface area (Å²) in [7, 11) is 0. The van der Waals surface area contributed by atoms with Crippen LogP contribution in [0.5, 0.6) is 0 Å². The van der Waals surface area contributed by atoms with Crippen LogP contribution in [-0.4, -0.2) is 30.3 Å². The van der Waals surface area contributed by atoms with E-state index in [-0.39, 0.29) is 24.5 Å². The Morgan fingerprint density at radius 3 is 2.71 bits per heavy atom. The Hall–Kier alpha value is -1.49. The molecule has 1 saturated carbocycles. The van der Waals surface area contributed by atoms with Crippen LogP contribution in [0.2, 0.25) is 0 Å². The molecule has 1 fully saturated rings. The molecule has 0 radical (unpaired) electrons. The average Bonchev–Trinajstić information content (AvgIpc) is 2.58. The summed E-state index contributed by atoms with van der Waals surface area (Å²) in [5.74, 6) is 1.24. The molecule has 132 valence electrons. The lowest BCUT2D eigenvalue weighted by Gasteiger charge is -2.34. The first kappa shape index (κ1) is 18.8. The molecule has 3 atom stereocenters. The largest absolute Gasteiger partial charge is 0.456 e. The number of amides is 1. The summed E-state index contributed by atoms with van der Waals surface area (Å²) in [6.45, 7) is 4.24. The van der Waals surface area contributed by atoms with Crippen LogP contribution in [0.1, 0.15) is 39.5 Å². The third-order valence-electron chi connectivity index (χ3n) is 4.74. The van der Waals surface area contributed by atoms with Gasteiger partial charge < -0.3 is 10.1 Å². The number of rotatable bonds is 7. The second-order valence-electron chi connectivity index (χ2n) is 6.51. The molecular formula is C19H27NO3S. The van der Waals surface area contributed by atoms with E-state index < -0.39 is 0 Å². The molecule has 1 amide bonds. The number of carbonyl (C=O) groups is 2. The van der Waals surface area contributed by atoms with Crippen molar-refractivity contribution in [2.75, 3.05) is 12.4 Å². The van der Waals surface area contributed by atoms with E-state index in [9.17, 15) is 9.59 Å². The topological polar surface area (TPSA) is 55.4 Å². The molecule has 0 aromatic heterocycles. The van der Waals surface area contributed by atoms with Crippen LogP contribution in [-0.2, 0) is 14.3 Å². The molecule has 1 aliphatic rings. The Kier molecular flexibility index (Phi) is 7.63. The average molecular weight is 349 g/mol. The fourth-order valence-electron chi connectivity index (χ4n) is 3.02. The number of esters is 1. The van der Waals surface area contributed by atoms with Gasteiger partial charge in [0.05, 0.1) is 6.42 Å². The van der Waals surface area contributed by atoms with Crippen molar-refractivity contribution in [2.24, 2.45) is 11.8 Å². The van der Waals surface area contributed by atoms with Crippen LogP contribution in [0.3, 0.4) is 0 Å². The van der Waals surface area contributed by atoms with Gasteiger partial charge >= 0.3 is 5.97 Å². The molecule has 0 saturated heterocycles. The van der Waals surface area contributed by atoms with E-state index in [0.29, 0.717) is 24.0 Å². The predicted molar refractivity (Wildman–Crippen MR) is 96.9 cm³/mol. The van der Waals surface area contributed by atoms with Gasteiger partial charge in [-0.2, -0.15) is 0 Å². The maximum atomic E-state index is 12.0. The van der Waals surface area contributed by atoms with Crippen LogP contribution in [0, 0.1) is 11.8 Å². The summed E-state index contributed by atoms with van der Waals surface area (Å²) < 4.78 is 5.08. The molecule has 1 aliphatic carbocycles. The number of hydrogen-bond acceptors (Lipinski definition) is 4. The lowest BCUT2D eigenvalue weighted by atomic mass is 9.78. The molecule has 0 aliphatic heterocycles. The Morgan fingerprint density at radius 1 is 1.21 bits per heavy atom. The molecule has 24 heavy (non-hydrogen) atoms. The van der Waals surface area contributed by atoms with Crippen molar-refractivity contribution < 1.29 is 14.3 Å². The second-order valence-corrected chi connectivity index (χ2v) is 7.68. The molecule has 0 spiro atoms. The molecule has 4 nitrogen and oxygen atoms in total. The zero-order chi connectivity index (χ0) is 17.4. The smallest absolute Gasteiger partial charge is 0.307 e. The van der Waals surface area contributed by atoms with Crippen molar-refractivity contribution in [3.05, 3.63) is 30.3 Å². The number of thioether (sulfide) groups is 1. The van der Waals surface area contributed by atoms with E-state index in [0.717, 1.165) is 17.7 Å². The highest BCUT2D eigenvalue weighted by atomic mass is 32.2. The van der Waals surface area contributed by atoms with Gasteiger partial charge in [-0.25, -0.2) is 0 Å². The minimum Gasteiger partial charge on any atom is -0.456 e. The fourth-order valence-corrected chi connectivity index (χ4v) is 3.88. The minimum absolute atomic E-state index is 0.174. The van der Waals surface area contributed by atoms with Gasteiger partial charge in [-0.3, -0.25) is 9.59 Å². The number of ether oxygens (including phenoxy) is 1. The quantitative estimate of drug-likeness (QED) is 0.603. The maximum absolute atomic E-state index is 12.0. The Balaban J connectivity index is 1.61. The van der Waals surface area contributed by atoms with Gasteiger partial charge in [0.1, 0.15) is 0 Å². The Bertz CT molecular complexity index is 535. The van der Waals surface area contributed by atoms with Crippen LogP contribution in [0.4, 0.5) is 0 Å². The van der Waals surface area contributed by atoms with Gasteiger partial charge in [0.2, 0.25) is 0 Å². The normalized spacial score (nSPS) is 23.5. The highest BCUT2D eigenvalue weighted by Gasteiger charge is 2.28. The van der Waals surface area contributed by atoms with Crippen molar-refractivity contribution in [2.45, 2.75) is 50.5 Å². The SMILES string of the molecule is C[C@H]1[C@@H](NC(=O)COC(=O)CCSc2ccccc2)CCC[C@@H]1C. The highest BCUT2D eigenvalue weighted by Crippen LogP contribution is 2.29. The molecule has 5 heteroatoms. The van der Waals surface area contributed by atoms with E-state index in [4.69, 9.17) is 4.74 Å². The van der Waals surface area contributed by atoms with Gasteiger partial charge in [-0.15, -0.1) is 11.8 Å². The van der Waals surface area contributed by atoms with Gasteiger partial charge in [-0.05, 0) is 30.4 Å². The molecular weight excluding hydrogens is 322 g/mol. The summed E-state index contributed by atoms with van der Waals surface area (Å²) in [4.78, 5) is 24.8. The van der Waals surface area contributed by atoms with E-state index in [1.54, 1.807) is 11.8 Å². The van der Waals surface area contributed by atoms with Crippen LogP contribution in [0.15, 0.2) is 35.2 Å². The molecule has 0 unspecified atom stereocenters. The summed E-state index contributed by atoms with van der Waals surface area (Å²) in [6.07, 6.45) is 3.69. The molecule has 1 aromatic carbocycles. The summed E-state index contributed by atoms with van der Waals surface area (Å²) in [6, 6.07) is 10.1. The number of carbonyl (C=O) groups excluding carboxylic acids is 2. The van der Waals surface area contributed by atoms with Gasteiger partial charge in [0.15, 0.2) is 6.61 Å². The third kappa shape index (κ3) is 6.19. The maximum Gasteiger partial charge on any atom is 0.307 e.